The molecule has 1 N–H and O–H groups in total. The number of aromatic nitrogens is 2. The largest absolute Gasteiger partial charge is 0.573 e. The number of piperazine rings is 1. The van der Waals surface area contributed by atoms with Crippen molar-refractivity contribution in [2.45, 2.75) is 69.7 Å². The van der Waals surface area contributed by atoms with Crippen LogP contribution in [0.25, 0.3) is 22.4 Å². The molecule has 1 aliphatic carbocycles. The zero-order valence-electron chi connectivity index (χ0n) is 20.3. The van der Waals surface area contributed by atoms with Crippen LogP contribution in [0.15, 0.2) is 21.4 Å². The van der Waals surface area contributed by atoms with E-state index in [2.05, 4.69) is 14.7 Å². The monoisotopic (exact) mass is 538 g/mol. The second-order valence-corrected chi connectivity index (χ2v) is 11.5. The van der Waals surface area contributed by atoms with E-state index in [1.807, 2.05) is 4.90 Å². The molecule has 2 atom stereocenters. The van der Waals surface area contributed by atoms with E-state index in [0.717, 1.165) is 6.42 Å². The van der Waals surface area contributed by atoms with Crippen LogP contribution in [0.3, 0.4) is 0 Å². The number of hydrogen-bond donors (Lipinski definition) is 1. The van der Waals surface area contributed by atoms with Gasteiger partial charge in [0.1, 0.15) is 5.60 Å². The number of hydrogen-bond acceptors (Lipinski definition) is 9. The van der Waals surface area contributed by atoms with E-state index in [4.69, 9.17) is 9.15 Å². The van der Waals surface area contributed by atoms with Crippen LogP contribution < -0.4 is 9.64 Å². The predicted octanol–water partition coefficient (Wildman–Crippen LogP) is 5.03. The van der Waals surface area contributed by atoms with E-state index in [0.29, 0.717) is 37.2 Å². The van der Waals surface area contributed by atoms with Gasteiger partial charge in [0, 0.05) is 29.6 Å². The number of amides is 1. The van der Waals surface area contributed by atoms with E-state index >= 15 is 0 Å². The van der Waals surface area contributed by atoms with Crippen LogP contribution >= 0.6 is 11.3 Å². The molecule has 4 aliphatic rings. The number of nitrogens with zero attached hydrogens (tertiary/aromatic N) is 4. The van der Waals surface area contributed by atoms with Crippen molar-refractivity contribution in [2.75, 3.05) is 18.0 Å². The van der Waals surface area contributed by atoms with Crippen molar-refractivity contribution in [3.05, 3.63) is 22.5 Å². The van der Waals surface area contributed by atoms with Gasteiger partial charge >= 0.3 is 12.5 Å². The van der Waals surface area contributed by atoms with Crippen molar-refractivity contribution in [1.29, 1.82) is 0 Å². The van der Waals surface area contributed by atoms with Crippen molar-refractivity contribution in [1.82, 2.24) is 14.9 Å². The Morgan fingerprint density at radius 1 is 1.24 bits per heavy atom. The fourth-order valence-corrected chi connectivity index (χ4v) is 5.60. The van der Waals surface area contributed by atoms with Crippen LogP contribution in [0.5, 0.6) is 5.75 Å². The van der Waals surface area contributed by atoms with Crippen LogP contribution in [0, 0.1) is 0 Å². The summed E-state index contributed by atoms with van der Waals surface area (Å²) in [5, 5.41) is 12.6. The van der Waals surface area contributed by atoms with Crippen molar-refractivity contribution >= 4 is 34.5 Å². The molecule has 9 nitrogen and oxygen atoms in total. The fraction of sp³-hybridized carbons (Fsp3) is 0.542. The second kappa shape index (κ2) is 7.97. The number of carbonyl (C=O) groups excluding carboxylic acids is 1. The molecule has 0 spiro atoms. The molecule has 3 aliphatic heterocycles. The Bertz CT molecular complexity index is 1350. The maximum atomic E-state index is 13.5. The number of oxazole rings is 1. The van der Waals surface area contributed by atoms with Gasteiger partial charge in [-0.25, -0.2) is 9.78 Å². The summed E-state index contributed by atoms with van der Waals surface area (Å²) in [7, 11) is 0. The Balaban J connectivity index is 1.39. The Labute approximate surface area is 213 Å². The minimum absolute atomic E-state index is 0.0118. The van der Waals surface area contributed by atoms with E-state index in [9.17, 15) is 23.1 Å². The Kier molecular flexibility index (Phi) is 5.23. The maximum Gasteiger partial charge on any atom is 0.573 e. The highest BCUT2D eigenvalue weighted by Gasteiger charge is 2.51. The Morgan fingerprint density at radius 3 is 2.51 bits per heavy atom. The van der Waals surface area contributed by atoms with Gasteiger partial charge in [-0.3, -0.25) is 4.90 Å². The zero-order valence-corrected chi connectivity index (χ0v) is 21.1. The number of carbonyl (C=O) groups is 1. The molecule has 2 bridgehead atoms. The number of fused-ring (bicyclic) bond motifs is 3. The minimum Gasteiger partial charge on any atom is -0.444 e. The number of halogens is 3. The molecule has 7 rings (SSSR count). The topological polar surface area (TPSA) is 101 Å². The van der Waals surface area contributed by atoms with E-state index in [1.54, 1.807) is 36.6 Å². The lowest BCUT2D eigenvalue weighted by molar-refractivity contribution is -0.274. The third kappa shape index (κ3) is 4.37. The summed E-state index contributed by atoms with van der Waals surface area (Å²) in [4.78, 5) is 24.9. The molecular formula is C24H25F3N4O5S. The summed E-state index contributed by atoms with van der Waals surface area (Å²) < 4.78 is 56.4. The molecule has 5 heterocycles. The maximum absolute atomic E-state index is 13.5. The van der Waals surface area contributed by atoms with Crippen LogP contribution in [0.4, 0.5) is 24.0 Å². The predicted molar refractivity (Wildman–Crippen MR) is 127 cm³/mol. The van der Waals surface area contributed by atoms with Gasteiger partial charge in [-0.2, -0.15) is 4.98 Å². The molecule has 1 saturated carbocycles. The van der Waals surface area contributed by atoms with Crippen LogP contribution in [0.2, 0.25) is 0 Å². The molecule has 2 unspecified atom stereocenters. The Morgan fingerprint density at radius 2 is 1.95 bits per heavy atom. The van der Waals surface area contributed by atoms with E-state index in [-0.39, 0.29) is 40.9 Å². The molecule has 1 aromatic carbocycles. The van der Waals surface area contributed by atoms with Gasteiger partial charge in [0.25, 0.3) is 6.01 Å². The lowest BCUT2D eigenvalue weighted by atomic mass is 9.88. The summed E-state index contributed by atoms with van der Waals surface area (Å²) >= 11 is 1.33. The van der Waals surface area contributed by atoms with E-state index in [1.165, 1.54) is 17.4 Å². The summed E-state index contributed by atoms with van der Waals surface area (Å²) in [6.45, 7) is 6.19. The average Bonchev–Trinajstić information content (AvgIpc) is 3.17. The van der Waals surface area contributed by atoms with Gasteiger partial charge in [-0.05, 0) is 46.1 Å². The summed E-state index contributed by atoms with van der Waals surface area (Å²) in [5.74, 6) is -0.561. The Hall–Kier alpha value is -3.06. The second-order valence-electron chi connectivity index (χ2n) is 10.8. The van der Waals surface area contributed by atoms with Crippen LogP contribution in [-0.4, -0.2) is 63.2 Å². The quantitative estimate of drug-likeness (QED) is 0.494. The normalized spacial score (nSPS) is 22.7. The average molecular weight is 539 g/mol. The molecule has 2 aromatic heterocycles. The highest BCUT2D eigenvalue weighted by Crippen LogP contribution is 2.53. The van der Waals surface area contributed by atoms with Gasteiger partial charge in [0.15, 0.2) is 16.8 Å². The number of anilines is 1. The number of benzene rings is 1. The number of rotatable bonds is 4. The molecule has 13 heteroatoms. The standard InChI is InChI=1S/C24H25F3N4O5S/c1-22(2,3)36-21(32)31-12-6-13(31)9-30(8-12)20-29-17-18(34-20)14(16-10-37-11-28-16)7-15(23(33)4-5-23)19(17)35-24(25,26)27/h7,10-13,33H,4-6,8-9H2,1-3H3. The van der Waals surface area contributed by atoms with Gasteiger partial charge in [-0.1, -0.05) is 0 Å². The fourth-order valence-electron chi connectivity index (χ4n) is 5.05. The zero-order chi connectivity index (χ0) is 26.3. The van der Waals surface area contributed by atoms with Crippen molar-refractivity contribution in [3.63, 3.8) is 0 Å². The number of ether oxygens (including phenoxy) is 2. The van der Waals surface area contributed by atoms with Crippen LogP contribution in [0.1, 0.15) is 45.6 Å². The van der Waals surface area contributed by atoms with Gasteiger partial charge in [-0.15, -0.1) is 24.5 Å². The molecule has 1 amide bonds. The minimum atomic E-state index is -4.99. The third-order valence-corrected chi connectivity index (χ3v) is 7.41. The first-order valence-corrected chi connectivity index (χ1v) is 12.9. The summed E-state index contributed by atoms with van der Waals surface area (Å²) in [6, 6.07) is 1.32. The molecule has 37 heavy (non-hydrogen) atoms. The molecule has 3 aromatic rings. The van der Waals surface area contributed by atoms with Gasteiger partial charge < -0.3 is 23.9 Å². The SMILES string of the molecule is CC(C)(C)OC(=O)N1C2CC1CN(c1nc3c(OC(F)(F)F)c(C4(O)CC4)cc(-c4cscn4)c3o1)C2. The first-order valence-electron chi connectivity index (χ1n) is 11.9. The molecule has 198 valence electrons. The number of piperidine rings is 1. The van der Waals surface area contributed by atoms with E-state index < -0.39 is 23.3 Å². The first kappa shape index (κ1) is 24.3. The smallest absolute Gasteiger partial charge is 0.444 e. The first-order chi connectivity index (χ1) is 17.3. The number of thiazole rings is 1. The van der Waals surface area contributed by atoms with Crippen LogP contribution in [-0.2, 0) is 10.3 Å². The van der Waals surface area contributed by atoms with Gasteiger partial charge in [0.2, 0.25) is 0 Å². The lowest BCUT2D eigenvalue weighted by Gasteiger charge is -2.55. The lowest BCUT2D eigenvalue weighted by Crippen LogP contribution is -2.70. The molecule has 4 fully saturated rings. The molecular weight excluding hydrogens is 513 g/mol. The number of aliphatic hydroxyl groups is 1. The van der Waals surface area contributed by atoms with Crippen molar-refractivity contribution in [2.24, 2.45) is 0 Å². The highest BCUT2D eigenvalue weighted by molar-refractivity contribution is 7.07. The highest BCUT2D eigenvalue weighted by atomic mass is 32.1. The summed E-state index contributed by atoms with van der Waals surface area (Å²) in [6.07, 6.45) is -3.97. The third-order valence-electron chi connectivity index (χ3n) is 6.83. The van der Waals surface area contributed by atoms with Gasteiger partial charge in [0.05, 0.1) is 28.9 Å². The van der Waals surface area contributed by atoms with Crippen molar-refractivity contribution < 1.29 is 37.0 Å². The molecule has 0 radical (unpaired) electrons. The van der Waals surface area contributed by atoms with Crippen molar-refractivity contribution in [3.8, 4) is 17.0 Å². The molecule has 3 saturated heterocycles. The summed E-state index contributed by atoms with van der Waals surface area (Å²) in [5.41, 5.74) is 0.459. The number of alkyl halides is 3.